The summed E-state index contributed by atoms with van der Waals surface area (Å²) >= 11 is 0. The highest BCUT2D eigenvalue weighted by molar-refractivity contribution is 5.71. The topological polar surface area (TPSA) is 44.8 Å². The van der Waals surface area contributed by atoms with Crippen LogP contribution in [0.25, 0.3) is 0 Å². The summed E-state index contributed by atoms with van der Waals surface area (Å²) in [6, 6.07) is 7.82. The molecule has 26 heavy (non-hydrogen) atoms. The Morgan fingerprint density at radius 3 is 2.50 bits per heavy atom. The Kier molecular flexibility index (Phi) is 10.1. The minimum absolute atomic E-state index is 0.220. The van der Waals surface area contributed by atoms with E-state index in [1.165, 1.54) is 5.57 Å². The first-order chi connectivity index (χ1) is 12.5. The van der Waals surface area contributed by atoms with Gasteiger partial charge in [0.1, 0.15) is 11.9 Å². The Balaban J connectivity index is 2.35. The molecule has 0 amide bonds. The van der Waals surface area contributed by atoms with E-state index in [1.54, 1.807) is 13.2 Å². The van der Waals surface area contributed by atoms with Gasteiger partial charge in [0.15, 0.2) is 0 Å². The van der Waals surface area contributed by atoms with E-state index in [9.17, 15) is 4.79 Å². The molecule has 0 radical (unpaired) electrons. The van der Waals surface area contributed by atoms with Gasteiger partial charge in [-0.05, 0) is 50.0 Å². The second-order valence-electron chi connectivity index (χ2n) is 6.27. The van der Waals surface area contributed by atoms with Crippen molar-refractivity contribution in [2.45, 2.75) is 45.8 Å². The van der Waals surface area contributed by atoms with Crippen LogP contribution in [0.15, 0.2) is 60.7 Å². The summed E-state index contributed by atoms with van der Waals surface area (Å²) in [4.78, 5) is 11.6. The summed E-state index contributed by atoms with van der Waals surface area (Å²) in [5.74, 6) is 0.572. The van der Waals surface area contributed by atoms with E-state index in [4.69, 9.17) is 14.2 Å². The minimum Gasteiger partial charge on any atom is -0.497 e. The predicted molar refractivity (Wildman–Crippen MR) is 105 cm³/mol. The van der Waals surface area contributed by atoms with Crippen molar-refractivity contribution in [3.05, 3.63) is 66.3 Å². The van der Waals surface area contributed by atoms with Crippen LogP contribution in [0.1, 0.15) is 38.7 Å². The number of rotatable bonds is 12. The van der Waals surface area contributed by atoms with Gasteiger partial charge in [0.25, 0.3) is 0 Å². The van der Waals surface area contributed by atoms with E-state index in [2.05, 4.69) is 26.2 Å². The van der Waals surface area contributed by atoms with Gasteiger partial charge in [-0.2, -0.15) is 0 Å². The number of hydrogen-bond donors (Lipinski definition) is 0. The third-order valence-electron chi connectivity index (χ3n) is 3.91. The van der Waals surface area contributed by atoms with Crippen molar-refractivity contribution in [3.8, 4) is 5.75 Å². The molecule has 0 aliphatic heterocycles. The van der Waals surface area contributed by atoms with E-state index in [1.807, 2.05) is 31.2 Å². The van der Waals surface area contributed by atoms with Crippen LogP contribution in [0.4, 0.5) is 0 Å². The fourth-order valence-electron chi connectivity index (χ4n) is 2.29. The van der Waals surface area contributed by atoms with Crippen molar-refractivity contribution in [3.63, 3.8) is 0 Å². The molecule has 4 heteroatoms. The highest BCUT2D eigenvalue weighted by atomic mass is 16.5. The zero-order chi connectivity index (χ0) is 19.4. The SMILES string of the molecule is C=CCC(=O)O[C@@H](CC/C(C)=C/COCc1ccc(OC)cc1)C(=C)C. The van der Waals surface area contributed by atoms with Gasteiger partial charge in [-0.3, -0.25) is 4.79 Å². The number of hydrogen-bond acceptors (Lipinski definition) is 4. The van der Waals surface area contributed by atoms with Crippen molar-refractivity contribution >= 4 is 5.97 Å². The molecular formula is C22H30O4. The summed E-state index contributed by atoms with van der Waals surface area (Å²) in [6.45, 7) is 12.5. The van der Waals surface area contributed by atoms with Gasteiger partial charge >= 0.3 is 5.97 Å². The van der Waals surface area contributed by atoms with Crippen LogP contribution in [-0.2, 0) is 20.9 Å². The standard InChI is InChI=1S/C22H30O4/c1-6-7-22(23)26-21(17(2)3)13-8-18(4)14-15-25-16-19-9-11-20(24-5)12-10-19/h6,9-12,14,21H,1-2,7-8,13,15-16H2,3-5H3/b18-14+/t21-/m0/s1. The van der Waals surface area contributed by atoms with Crippen LogP contribution >= 0.6 is 0 Å². The number of benzene rings is 1. The Morgan fingerprint density at radius 1 is 1.23 bits per heavy atom. The van der Waals surface area contributed by atoms with Gasteiger partial charge in [-0.1, -0.05) is 36.4 Å². The quantitative estimate of drug-likeness (QED) is 0.299. The van der Waals surface area contributed by atoms with E-state index in [0.29, 0.717) is 13.2 Å². The number of ether oxygens (including phenoxy) is 3. The molecule has 142 valence electrons. The number of methoxy groups -OCH3 is 1. The molecule has 0 bridgehead atoms. The average molecular weight is 358 g/mol. The van der Waals surface area contributed by atoms with Crippen molar-refractivity contribution in [1.29, 1.82) is 0 Å². The Bertz CT molecular complexity index is 614. The smallest absolute Gasteiger partial charge is 0.310 e. The van der Waals surface area contributed by atoms with E-state index >= 15 is 0 Å². The molecule has 1 rings (SSSR count). The third-order valence-corrected chi connectivity index (χ3v) is 3.91. The predicted octanol–water partition coefficient (Wildman–Crippen LogP) is 5.00. The number of carbonyl (C=O) groups excluding carboxylic acids is 1. The van der Waals surface area contributed by atoms with E-state index in [-0.39, 0.29) is 18.5 Å². The third kappa shape index (κ3) is 8.67. The molecule has 1 aromatic carbocycles. The molecular weight excluding hydrogens is 328 g/mol. The molecule has 0 aliphatic rings. The summed E-state index contributed by atoms with van der Waals surface area (Å²) < 4.78 is 16.2. The van der Waals surface area contributed by atoms with Crippen molar-refractivity contribution < 1.29 is 19.0 Å². The van der Waals surface area contributed by atoms with Crippen LogP contribution in [-0.4, -0.2) is 25.8 Å². The van der Waals surface area contributed by atoms with Crippen LogP contribution in [0, 0.1) is 0 Å². The highest BCUT2D eigenvalue weighted by Gasteiger charge is 2.14. The lowest BCUT2D eigenvalue weighted by Gasteiger charge is -2.18. The maximum absolute atomic E-state index is 11.6. The largest absolute Gasteiger partial charge is 0.497 e. The maximum Gasteiger partial charge on any atom is 0.310 e. The molecule has 0 unspecified atom stereocenters. The van der Waals surface area contributed by atoms with E-state index < -0.39 is 0 Å². The summed E-state index contributed by atoms with van der Waals surface area (Å²) in [7, 11) is 1.65. The van der Waals surface area contributed by atoms with E-state index in [0.717, 1.165) is 29.7 Å². The lowest BCUT2D eigenvalue weighted by Crippen LogP contribution is -2.18. The molecule has 0 aromatic heterocycles. The number of allylic oxidation sites excluding steroid dienone is 1. The zero-order valence-corrected chi connectivity index (χ0v) is 16.1. The zero-order valence-electron chi connectivity index (χ0n) is 16.1. The van der Waals surface area contributed by atoms with Gasteiger partial charge in [0.05, 0.1) is 26.7 Å². The molecule has 0 N–H and O–H groups in total. The van der Waals surface area contributed by atoms with Crippen molar-refractivity contribution in [1.82, 2.24) is 0 Å². The maximum atomic E-state index is 11.6. The Labute approximate surface area is 157 Å². The molecule has 4 nitrogen and oxygen atoms in total. The number of carbonyl (C=O) groups is 1. The van der Waals surface area contributed by atoms with Gasteiger partial charge in [-0.25, -0.2) is 0 Å². The lowest BCUT2D eigenvalue weighted by atomic mass is 10.0. The fraction of sp³-hybridized carbons (Fsp3) is 0.409. The fourth-order valence-corrected chi connectivity index (χ4v) is 2.29. The van der Waals surface area contributed by atoms with Crippen LogP contribution in [0.2, 0.25) is 0 Å². The van der Waals surface area contributed by atoms with Crippen LogP contribution in [0.3, 0.4) is 0 Å². The first kappa shape index (κ1) is 21.7. The molecule has 0 saturated carbocycles. The summed E-state index contributed by atoms with van der Waals surface area (Å²) in [6.07, 6.45) is 5.11. The molecule has 0 saturated heterocycles. The minimum atomic E-state index is -0.266. The molecule has 1 aromatic rings. The van der Waals surface area contributed by atoms with Crippen molar-refractivity contribution in [2.24, 2.45) is 0 Å². The molecule has 0 aliphatic carbocycles. The molecule has 0 fully saturated rings. The van der Waals surface area contributed by atoms with Gasteiger partial charge in [-0.15, -0.1) is 6.58 Å². The molecule has 0 spiro atoms. The first-order valence-electron chi connectivity index (χ1n) is 8.78. The average Bonchev–Trinajstić information content (AvgIpc) is 2.62. The molecule has 0 heterocycles. The Hall–Kier alpha value is -2.33. The van der Waals surface area contributed by atoms with Crippen molar-refractivity contribution in [2.75, 3.05) is 13.7 Å². The second kappa shape index (κ2) is 12.1. The normalized spacial score (nSPS) is 12.3. The van der Waals surface area contributed by atoms with Crippen LogP contribution in [0.5, 0.6) is 5.75 Å². The number of esters is 1. The summed E-state index contributed by atoms with van der Waals surface area (Å²) in [5.41, 5.74) is 3.16. The van der Waals surface area contributed by atoms with Gasteiger partial charge in [0.2, 0.25) is 0 Å². The summed E-state index contributed by atoms with van der Waals surface area (Å²) in [5, 5.41) is 0. The lowest BCUT2D eigenvalue weighted by molar-refractivity contribution is -0.146. The second-order valence-corrected chi connectivity index (χ2v) is 6.27. The van der Waals surface area contributed by atoms with Crippen LogP contribution < -0.4 is 4.74 Å². The van der Waals surface area contributed by atoms with Gasteiger partial charge < -0.3 is 14.2 Å². The Morgan fingerprint density at radius 2 is 1.92 bits per heavy atom. The first-order valence-corrected chi connectivity index (χ1v) is 8.78. The molecule has 1 atom stereocenters. The monoisotopic (exact) mass is 358 g/mol. The van der Waals surface area contributed by atoms with Gasteiger partial charge in [0, 0.05) is 0 Å². The highest BCUT2D eigenvalue weighted by Crippen LogP contribution is 2.16.